The monoisotopic (exact) mass is 430 g/mol. The van der Waals surface area contributed by atoms with Crippen molar-refractivity contribution in [3.63, 3.8) is 0 Å². The Morgan fingerprint density at radius 3 is 1.50 bits per heavy atom. The topological polar surface area (TPSA) is 0 Å². The van der Waals surface area contributed by atoms with Gasteiger partial charge in [-0.25, -0.2) is 0 Å². The van der Waals surface area contributed by atoms with Crippen LogP contribution in [0.2, 0.25) is 4.94 Å². The van der Waals surface area contributed by atoms with Gasteiger partial charge < -0.3 is 0 Å². The first-order chi connectivity index (χ1) is 7.77. The summed E-state index contributed by atoms with van der Waals surface area (Å²) in [5.74, 6) is 0. The molecule has 0 aliphatic heterocycles. The van der Waals surface area contributed by atoms with Crippen molar-refractivity contribution < 1.29 is 0 Å². The van der Waals surface area contributed by atoms with Crippen LogP contribution in [0.1, 0.15) is 0 Å². The fraction of sp³-hybridized carbons (Fsp3) is 0.143. The molecule has 2 aromatic rings. The van der Waals surface area contributed by atoms with Crippen LogP contribution in [-0.2, 0) is 0 Å². The standard InChI is InChI=1S/2C6H5.CH2I.CH3.Sn/c2*1-2-4-6-5-3-1;1-2;;/h2*1-5H;1H2;1H3;. The van der Waals surface area contributed by atoms with E-state index in [0.717, 1.165) is 0 Å². The number of alkyl halides is 1. The molecule has 0 spiro atoms. The third-order valence-corrected chi connectivity index (χ3v) is 24.0. The van der Waals surface area contributed by atoms with Crippen molar-refractivity contribution in [2.24, 2.45) is 0 Å². The van der Waals surface area contributed by atoms with Crippen LogP contribution in [-0.4, -0.2) is 20.8 Å². The Bertz CT molecular complexity index is 399. The molecular weight excluding hydrogens is 414 g/mol. The van der Waals surface area contributed by atoms with E-state index in [1.807, 2.05) is 0 Å². The van der Waals surface area contributed by atoms with Gasteiger partial charge >= 0.3 is 116 Å². The number of halogens is 1. The summed E-state index contributed by atoms with van der Waals surface area (Å²) in [4.78, 5) is 2.52. The summed E-state index contributed by atoms with van der Waals surface area (Å²) in [7, 11) is 0. The van der Waals surface area contributed by atoms with E-state index in [9.17, 15) is 0 Å². The molecule has 82 valence electrons. The van der Waals surface area contributed by atoms with Crippen molar-refractivity contribution in [1.82, 2.24) is 0 Å². The van der Waals surface area contributed by atoms with Crippen LogP contribution in [0, 0.1) is 0 Å². The number of rotatable bonds is 3. The molecule has 2 aromatic carbocycles. The maximum atomic E-state index is 2.57. The van der Waals surface area contributed by atoms with Crippen LogP contribution >= 0.6 is 22.6 Å². The number of hydrogen-bond donors (Lipinski definition) is 0. The van der Waals surface area contributed by atoms with Crippen molar-refractivity contribution in [3.05, 3.63) is 60.7 Å². The Morgan fingerprint density at radius 1 is 0.812 bits per heavy atom. The van der Waals surface area contributed by atoms with Crippen molar-refractivity contribution in [1.29, 1.82) is 0 Å². The Balaban J connectivity index is 2.49. The van der Waals surface area contributed by atoms with Crippen molar-refractivity contribution in [2.45, 2.75) is 4.94 Å². The summed E-state index contributed by atoms with van der Waals surface area (Å²) in [6.45, 7) is 0. The van der Waals surface area contributed by atoms with Gasteiger partial charge in [-0.05, 0) is 0 Å². The molecule has 0 saturated heterocycles. The SMILES string of the molecule is [CH3][Sn]([CH2]I)([c]1ccccc1)[c]1ccccc1. The van der Waals surface area contributed by atoms with Crippen molar-refractivity contribution in [3.8, 4) is 0 Å². The molecule has 2 heteroatoms. The Morgan fingerprint density at radius 2 is 1.19 bits per heavy atom. The zero-order chi connectivity index (χ0) is 11.4. The quantitative estimate of drug-likeness (QED) is 0.401. The minimum atomic E-state index is -2.31. The third-order valence-electron chi connectivity index (χ3n) is 3.09. The van der Waals surface area contributed by atoms with Gasteiger partial charge in [-0.2, -0.15) is 0 Å². The van der Waals surface area contributed by atoms with Crippen LogP contribution in [0.25, 0.3) is 0 Å². The van der Waals surface area contributed by atoms with Gasteiger partial charge in [-0.3, -0.25) is 0 Å². The molecule has 0 fully saturated rings. The maximum absolute atomic E-state index is 2.57. The van der Waals surface area contributed by atoms with E-state index in [1.165, 1.54) is 2.44 Å². The Kier molecular flexibility index (Phi) is 4.30. The molecule has 0 N–H and O–H groups in total. The molecule has 0 aromatic heterocycles. The molecule has 0 saturated carbocycles. The van der Waals surface area contributed by atoms with E-state index in [4.69, 9.17) is 0 Å². The predicted molar refractivity (Wildman–Crippen MR) is 82.7 cm³/mol. The molecule has 2 rings (SSSR count). The van der Waals surface area contributed by atoms with Crippen LogP contribution in [0.3, 0.4) is 0 Å². The molecule has 0 heterocycles. The number of benzene rings is 2. The normalized spacial score (nSPS) is 11.4. The van der Waals surface area contributed by atoms with Crippen LogP contribution in [0.4, 0.5) is 0 Å². The third kappa shape index (κ3) is 2.45. The summed E-state index contributed by atoms with van der Waals surface area (Å²) in [6, 6.07) is 22.1. The summed E-state index contributed by atoms with van der Waals surface area (Å²) in [5, 5.41) is 0. The predicted octanol–water partition coefficient (Wildman–Crippen LogP) is 2.85. The van der Waals surface area contributed by atoms with Crippen molar-refractivity contribution >= 4 is 48.1 Å². The first kappa shape index (κ1) is 12.4. The zero-order valence-electron chi connectivity index (χ0n) is 9.36. The van der Waals surface area contributed by atoms with Gasteiger partial charge in [0.05, 0.1) is 0 Å². The zero-order valence-corrected chi connectivity index (χ0v) is 14.4. The second-order valence-electron chi connectivity index (χ2n) is 4.20. The first-order valence-corrected chi connectivity index (χ1v) is 14.7. The van der Waals surface area contributed by atoms with Gasteiger partial charge in [0.15, 0.2) is 0 Å². The van der Waals surface area contributed by atoms with Crippen LogP contribution < -0.4 is 7.16 Å². The Labute approximate surface area is 115 Å². The van der Waals surface area contributed by atoms with Crippen molar-refractivity contribution in [2.75, 3.05) is 2.44 Å². The molecule has 16 heavy (non-hydrogen) atoms. The summed E-state index contributed by atoms with van der Waals surface area (Å²) in [5.41, 5.74) is 0. The molecule has 0 aliphatic rings. The molecule has 0 unspecified atom stereocenters. The van der Waals surface area contributed by atoms with Gasteiger partial charge in [0.1, 0.15) is 0 Å². The molecule has 0 aliphatic carbocycles. The van der Waals surface area contributed by atoms with Crippen LogP contribution in [0.5, 0.6) is 0 Å². The molecule has 0 radical (unpaired) electrons. The fourth-order valence-electron chi connectivity index (χ4n) is 1.93. The number of hydrogen-bond acceptors (Lipinski definition) is 0. The van der Waals surface area contributed by atoms with E-state index < -0.39 is 18.4 Å². The second kappa shape index (κ2) is 5.54. The van der Waals surface area contributed by atoms with Gasteiger partial charge in [-0.15, -0.1) is 0 Å². The Hall–Kier alpha value is -0.0313. The van der Waals surface area contributed by atoms with Gasteiger partial charge in [0, 0.05) is 0 Å². The van der Waals surface area contributed by atoms with E-state index in [0.29, 0.717) is 0 Å². The average molecular weight is 429 g/mol. The molecule has 0 bridgehead atoms. The molecule has 0 amide bonds. The minimum absolute atomic E-state index is 1.29. The van der Waals surface area contributed by atoms with E-state index in [1.54, 1.807) is 7.16 Å². The van der Waals surface area contributed by atoms with E-state index in [-0.39, 0.29) is 0 Å². The molecule has 0 atom stereocenters. The molecular formula is C14H15ISn. The van der Waals surface area contributed by atoms with Gasteiger partial charge in [0.25, 0.3) is 0 Å². The van der Waals surface area contributed by atoms with Gasteiger partial charge in [-0.1, -0.05) is 0 Å². The second-order valence-corrected chi connectivity index (χ2v) is 21.0. The fourth-order valence-corrected chi connectivity index (χ4v) is 15.0. The summed E-state index contributed by atoms with van der Waals surface area (Å²) < 4.78 is 4.48. The summed E-state index contributed by atoms with van der Waals surface area (Å²) in [6.07, 6.45) is 0. The van der Waals surface area contributed by atoms with Gasteiger partial charge in [0.2, 0.25) is 0 Å². The molecule has 0 nitrogen and oxygen atoms in total. The average Bonchev–Trinajstić information content (AvgIpc) is 2.40. The summed E-state index contributed by atoms with van der Waals surface area (Å²) >= 11 is 0.257. The van der Waals surface area contributed by atoms with E-state index >= 15 is 0 Å². The first-order valence-electron chi connectivity index (χ1n) is 5.44. The van der Waals surface area contributed by atoms with E-state index in [2.05, 4.69) is 88.2 Å². The van der Waals surface area contributed by atoms with Crippen LogP contribution in [0.15, 0.2) is 60.7 Å².